The number of hydrogen-bond donors (Lipinski definition) is 3. The van der Waals surface area contributed by atoms with Crippen molar-refractivity contribution in [2.75, 3.05) is 5.32 Å². The maximum Gasteiger partial charge on any atom is 0.267 e. The fraction of sp³-hybridized carbons (Fsp3) is 0.125. The van der Waals surface area contributed by atoms with Crippen LogP contribution in [0.25, 0.3) is 0 Å². The molecule has 7 heteroatoms. The van der Waals surface area contributed by atoms with Gasteiger partial charge in [0.15, 0.2) is 0 Å². The van der Waals surface area contributed by atoms with Crippen LogP contribution < -0.4 is 10.9 Å². The highest BCUT2D eigenvalue weighted by Gasteiger charge is 2.04. The number of H-pyrrole nitrogens is 2. The lowest BCUT2D eigenvalue weighted by atomic mass is 10.3. The minimum Gasteiger partial charge on any atom is -0.365 e. The van der Waals surface area contributed by atoms with Gasteiger partial charge in [0, 0.05) is 18.3 Å². The van der Waals surface area contributed by atoms with Gasteiger partial charge in [-0.3, -0.25) is 9.89 Å². The monoisotopic (exact) mass is 269 g/mol. The summed E-state index contributed by atoms with van der Waals surface area (Å²) in [7, 11) is 0. The van der Waals surface area contributed by atoms with Crippen molar-refractivity contribution in [1.82, 2.24) is 20.2 Å². The van der Waals surface area contributed by atoms with E-state index in [1.54, 1.807) is 12.4 Å². The van der Waals surface area contributed by atoms with Crippen LogP contribution in [0, 0.1) is 0 Å². The molecule has 78 valence electrons. The van der Waals surface area contributed by atoms with Gasteiger partial charge in [-0.15, -0.1) is 0 Å². The van der Waals surface area contributed by atoms with Gasteiger partial charge in [-0.2, -0.15) is 5.10 Å². The van der Waals surface area contributed by atoms with Crippen LogP contribution in [0.5, 0.6) is 0 Å². The molecular weight excluding hydrogens is 262 g/mol. The lowest BCUT2D eigenvalue weighted by Crippen LogP contribution is -2.11. The molecule has 0 radical (unpaired) electrons. The van der Waals surface area contributed by atoms with E-state index in [9.17, 15) is 4.79 Å². The molecule has 0 aliphatic carbocycles. The van der Waals surface area contributed by atoms with E-state index >= 15 is 0 Å². The summed E-state index contributed by atoms with van der Waals surface area (Å²) in [6.07, 6.45) is 4.83. The molecule has 3 N–H and O–H groups in total. The Morgan fingerprint density at radius 2 is 2.40 bits per heavy atom. The van der Waals surface area contributed by atoms with Crippen molar-refractivity contribution >= 4 is 21.7 Å². The lowest BCUT2D eigenvalue weighted by molar-refractivity contribution is 1.05. The van der Waals surface area contributed by atoms with Crippen molar-refractivity contribution in [3.05, 3.63) is 39.1 Å². The highest BCUT2D eigenvalue weighted by atomic mass is 79.9. The van der Waals surface area contributed by atoms with Gasteiger partial charge < -0.3 is 10.3 Å². The van der Waals surface area contributed by atoms with Gasteiger partial charge >= 0.3 is 0 Å². The number of nitrogens with zero attached hydrogens (tertiary/aromatic N) is 2. The molecule has 15 heavy (non-hydrogen) atoms. The first-order valence-electron chi connectivity index (χ1n) is 4.22. The largest absolute Gasteiger partial charge is 0.365 e. The maximum absolute atomic E-state index is 11.2. The average Bonchev–Trinajstić information content (AvgIpc) is 2.73. The summed E-state index contributed by atoms with van der Waals surface area (Å²) in [6.45, 7) is 0.561. The average molecular weight is 270 g/mol. The molecule has 0 saturated carbocycles. The second-order valence-electron chi connectivity index (χ2n) is 2.85. The number of aromatic nitrogens is 4. The Bertz CT molecular complexity index is 492. The summed E-state index contributed by atoms with van der Waals surface area (Å²) >= 11 is 3.15. The number of anilines is 1. The summed E-state index contributed by atoms with van der Waals surface area (Å²) in [5.41, 5.74) is 0.781. The predicted molar refractivity (Wildman–Crippen MR) is 58.5 cm³/mol. The quantitative estimate of drug-likeness (QED) is 0.772. The van der Waals surface area contributed by atoms with Gasteiger partial charge in [0.1, 0.15) is 10.3 Å². The number of nitrogens with one attached hydrogen (secondary N) is 3. The first-order chi connectivity index (χ1) is 7.27. The zero-order valence-corrected chi connectivity index (χ0v) is 9.21. The Morgan fingerprint density at radius 3 is 3.13 bits per heavy atom. The SMILES string of the molecule is O=c1[nH]cnc(NCc2cn[nH]c2)c1Br. The summed E-state index contributed by atoms with van der Waals surface area (Å²) < 4.78 is 0.397. The van der Waals surface area contributed by atoms with Gasteiger partial charge in [0.05, 0.1) is 12.5 Å². The van der Waals surface area contributed by atoms with Crippen LogP contribution in [-0.2, 0) is 6.54 Å². The third-order valence-electron chi connectivity index (χ3n) is 1.81. The van der Waals surface area contributed by atoms with E-state index in [-0.39, 0.29) is 5.56 Å². The fourth-order valence-electron chi connectivity index (χ4n) is 1.07. The molecule has 0 aromatic carbocycles. The van der Waals surface area contributed by atoms with E-state index in [0.29, 0.717) is 16.8 Å². The first kappa shape index (κ1) is 9.91. The Balaban J connectivity index is 2.12. The number of rotatable bonds is 3. The van der Waals surface area contributed by atoms with Crippen LogP contribution in [0.2, 0.25) is 0 Å². The van der Waals surface area contributed by atoms with Gasteiger partial charge in [0.2, 0.25) is 0 Å². The summed E-state index contributed by atoms with van der Waals surface area (Å²) in [5, 5.41) is 9.53. The fourth-order valence-corrected chi connectivity index (χ4v) is 1.42. The molecule has 0 bridgehead atoms. The van der Waals surface area contributed by atoms with Crippen molar-refractivity contribution in [2.45, 2.75) is 6.54 Å². The van der Waals surface area contributed by atoms with E-state index < -0.39 is 0 Å². The predicted octanol–water partition coefficient (Wildman–Crippen LogP) is 0.868. The minimum atomic E-state index is -0.209. The Labute approximate surface area is 93.3 Å². The van der Waals surface area contributed by atoms with Crippen LogP contribution in [-0.4, -0.2) is 20.2 Å². The first-order valence-corrected chi connectivity index (χ1v) is 5.01. The van der Waals surface area contributed by atoms with E-state index in [2.05, 4.69) is 41.4 Å². The Hall–Kier alpha value is -1.63. The van der Waals surface area contributed by atoms with Gasteiger partial charge in [-0.25, -0.2) is 4.98 Å². The summed E-state index contributed by atoms with van der Waals surface area (Å²) in [6, 6.07) is 0. The van der Waals surface area contributed by atoms with Crippen molar-refractivity contribution in [2.24, 2.45) is 0 Å². The van der Waals surface area contributed by atoms with E-state index in [0.717, 1.165) is 5.56 Å². The third kappa shape index (κ3) is 2.24. The van der Waals surface area contributed by atoms with Crippen molar-refractivity contribution in [3.63, 3.8) is 0 Å². The Kier molecular flexibility index (Phi) is 2.82. The summed E-state index contributed by atoms with van der Waals surface area (Å²) in [4.78, 5) is 17.7. The van der Waals surface area contributed by atoms with Crippen LogP contribution >= 0.6 is 15.9 Å². The molecule has 0 amide bonds. The van der Waals surface area contributed by atoms with E-state index in [1.807, 2.05) is 0 Å². The van der Waals surface area contributed by atoms with Gasteiger partial charge in [0.25, 0.3) is 5.56 Å². The van der Waals surface area contributed by atoms with Crippen LogP contribution in [0.3, 0.4) is 0 Å². The standard InChI is InChI=1S/C8H8BrN5O/c9-6-7(11-4-12-8(6)15)10-1-5-2-13-14-3-5/h2-4H,1H2,(H,13,14)(H2,10,11,12,15). The second kappa shape index (κ2) is 4.26. The van der Waals surface area contributed by atoms with Crippen molar-refractivity contribution in [3.8, 4) is 0 Å². The van der Waals surface area contributed by atoms with Gasteiger partial charge in [-0.1, -0.05) is 0 Å². The molecule has 2 rings (SSSR count). The number of hydrogen-bond acceptors (Lipinski definition) is 4. The normalized spacial score (nSPS) is 10.2. The maximum atomic E-state index is 11.2. The molecule has 2 heterocycles. The Morgan fingerprint density at radius 1 is 1.53 bits per heavy atom. The lowest BCUT2D eigenvalue weighted by Gasteiger charge is -2.04. The zero-order valence-electron chi connectivity index (χ0n) is 7.62. The van der Waals surface area contributed by atoms with Crippen LogP contribution in [0.15, 0.2) is 28.0 Å². The summed E-state index contributed by atoms with van der Waals surface area (Å²) in [5.74, 6) is 0.514. The van der Waals surface area contributed by atoms with Crippen LogP contribution in [0.4, 0.5) is 5.82 Å². The van der Waals surface area contributed by atoms with E-state index in [1.165, 1.54) is 6.33 Å². The number of halogens is 1. The molecule has 6 nitrogen and oxygen atoms in total. The molecule has 0 aliphatic rings. The topological polar surface area (TPSA) is 86.5 Å². The molecule has 0 unspecified atom stereocenters. The molecule has 0 spiro atoms. The molecule has 2 aromatic rings. The second-order valence-corrected chi connectivity index (χ2v) is 3.65. The molecular formula is C8H8BrN5O. The van der Waals surface area contributed by atoms with Gasteiger partial charge in [-0.05, 0) is 15.9 Å². The minimum absolute atomic E-state index is 0.209. The third-order valence-corrected chi connectivity index (χ3v) is 2.55. The zero-order chi connectivity index (χ0) is 10.7. The number of aromatic amines is 2. The highest BCUT2D eigenvalue weighted by molar-refractivity contribution is 9.10. The highest BCUT2D eigenvalue weighted by Crippen LogP contribution is 2.13. The molecule has 2 aromatic heterocycles. The van der Waals surface area contributed by atoms with Crippen LogP contribution in [0.1, 0.15) is 5.56 Å². The molecule has 0 aliphatic heterocycles. The van der Waals surface area contributed by atoms with E-state index in [4.69, 9.17) is 0 Å². The van der Waals surface area contributed by atoms with Crippen molar-refractivity contribution < 1.29 is 0 Å². The van der Waals surface area contributed by atoms with Crippen molar-refractivity contribution in [1.29, 1.82) is 0 Å². The molecule has 0 saturated heterocycles. The smallest absolute Gasteiger partial charge is 0.267 e. The molecule has 0 fully saturated rings. The molecule has 0 atom stereocenters.